The first kappa shape index (κ1) is 11.8. The minimum Gasteiger partial charge on any atom is -0.399 e. The van der Waals surface area contributed by atoms with Crippen molar-refractivity contribution in [2.75, 3.05) is 30.3 Å². The Balaban J connectivity index is 2.15. The number of nitrogens with zero attached hydrogens (tertiary/aromatic N) is 2. The number of rotatable bonds is 1. The second-order valence-corrected chi connectivity index (χ2v) is 4.83. The molecule has 1 saturated heterocycles. The molecule has 1 amide bonds. The molecule has 1 aromatic heterocycles. The maximum absolute atomic E-state index is 11.5. The lowest BCUT2D eigenvalue weighted by atomic mass is 10.1. The summed E-state index contributed by atoms with van der Waals surface area (Å²) >= 11 is 0. The SMILES string of the molecule is Cc1cc(N2CCNC(=O)C2)c2cc(N)ccc2n1. The second-order valence-electron chi connectivity index (χ2n) is 4.83. The van der Waals surface area contributed by atoms with E-state index in [1.807, 2.05) is 31.2 Å². The summed E-state index contributed by atoms with van der Waals surface area (Å²) in [5.41, 5.74) is 9.46. The number of anilines is 2. The number of hydrogen-bond donors (Lipinski definition) is 2. The van der Waals surface area contributed by atoms with Crippen molar-refractivity contribution in [3.63, 3.8) is 0 Å². The van der Waals surface area contributed by atoms with Crippen molar-refractivity contribution < 1.29 is 4.79 Å². The molecule has 5 nitrogen and oxygen atoms in total. The topological polar surface area (TPSA) is 71.2 Å². The molecule has 0 bridgehead atoms. The third-order valence-corrected chi connectivity index (χ3v) is 3.32. The number of benzene rings is 1. The van der Waals surface area contributed by atoms with E-state index in [0.29, 0.717) is 18.8 Å². The van der Waals surface area contributed by atoms with Crippen molar-refractivity contribution in [3.8, 4) is 0 Å². The van der Waals surface area contributed by atoms with Gasteiger partial charge in [-0.2, -0.15) is 0 Å². The van der Waals surface area contributed by atoms with Gasteiger partial charge in [-0.25, -0.2) is 0 Å². The Morgan fingerprint density at radius 1 is 1.37 bits per heavy atom. The highest BCUT2D eigenvalue weighted by atomic mass is 16.2. The molecule has 0 atom stereocenters. The normalized spacial score (nSPS) is 15.6. The number of hydrogen-bond acceptors (Lipinski definition) is 4. The average molecular weight is 256 g/mol. The number of nitrogens with one attached hydrogen (secondary N) is 1. The van der Waals surface area contributed by atoms with E-state index >= 15 is 0 Å². The molecule has 1 aromatic carbocycles. The Morgan fingerprint density at radius 2 is 2.21 bits per heavy atom. The maximum Gasteiger partial charge on any atom is 0.239 e. The lowest BCUT2D eigenvalue weighted by molar-refractivity contribution is -0.120. The Kier molecular flexibility index (Phi) is 2.74. The van der Waals surface area contributed by atoms with Gasteiger partial charge in [0.15, 0.2) is 0 Å². The van der Waals surface area contributed by atoms with Crippen LogP contribution in [0.4, 0.5) is 11.4 Å². The monoisotopic (exact) mass is 256 g/mol. The highest BCUT2D eigenvalue weighted by Crippen LogP contribution is 2.28. The van der Waals surface area contributed by atoms with Crippen LogP contribution in [0.1, 0.15) is 5.69 Å². The summed E-state index contributed by atoms with van der Waals surface area (Å²) in [5.74, 6) is 0.0535. The minimum absolute atomic E-state index is 0.0535. The lowest BCUT2D eigenvalue weighted by Gasteiger charge is -2.29. The molecular weight excluding hydrogens is 240 g/mol. The summed E-state index contributed by atoms with van der Waals surface area (Å²) in [6.45, 7) is 3.82. The van der Waals surface area contributed by atoms with Crippen molar-refractivity contribution in [1.29, 1.82) is 0 Å². The number of carbonyl (C=O) groups excluding carboxylic acids is 1. The Bertz CT molecular complexity index is 653. The molecule has 19 heavy (non-hydrogen) atoms. The zero-order chi connectivity index (χ0) is 13.4. The standard InChI is InChI=1S/C14H16N4O/c1-9-6-13(18-5-4-16-14(19)8-18)11-7-10(15)2-3-12(11)17-9/h2-3,6-7H,4-5,8,15H2,1H3,(H,16,19). The molecule has 0 saturated carbocycles. The zero-order valence-corrected chi connectivity index (χ0v) is 10.8. The number of amides is 1. The summed E-state index contributed by atoms with van der Waals surface area (Å²) in [6, 6.07) is 7.71. The van der Waals surface area contributed by atoms with Crippen molar-refractivity contribution >= 4 is 28.2 Å². The average Bonchev–Trinajstić information content (AvgIpc) is 2.38. The van der Waals surface area contributed by atoms with Gasteiger partial charge in [0.25, 0.3) is 0 Å². The van der Waals surface area contributed by atoms with Gasteiger partial charge in [-0.15, -0.1) is 0 Å². The second kappa shape index (κ2) is 4.42. The van der Waals surface area contributed by atoms with Gasteiger partial charge in [0.05, 0.1) is 12.1 Å². The summed E-state index contributed by atoms with van der Waals surface area (Å²) in [4.78, 5) is 18.1. The predicted molar refractivity (Wildman–Crippen MR) is 76.1 cm³/mol. The summed E-state index contributed by atoms with van der Waals surface area (Å²) in [5, 5.41) is 3.84. The Hall–Kier alpha value is -2.30. The third kappa shape index (κ3) is 2.19. The van der Waals surface area contributed by atoms with E-state index in [-0.39, 0.29) is 5.91 Å². The smallest absolute Gasteiger partial charge is 0.239 e. The molecular formula is C14H16N4O. The van der Waals surface area contributed by atoms with E-state index in [2.05, 4.69) is 15.2 Å². The first-order valence-electron chi connectivity index (χ1n) is 6.32. The Morgan fingerprint density at radius 3 is 3.00 bits per heavy atom. The van der Waals surface area contributed by atoms with Crippen LogP contribution in [0.5, 0.6) is 0 Å². The number of aryl methyl sites for hydroxylation is 1. The maximum atomic E-state index is 11.5. The van der Waals surface area contributed by atoms with Crippen molar-refractivity contribution in [2.45, 2.75) is 6.92 Å². The number of aromatic nitrogens is 1. The summed E-state index contributed by atoms with van der Waals surface area (Å²) in [7, 11) is 0. The predicted octanol–water partition coefficient (Wildman–Crippen LogP) is 1.06. The van der Waals surface area contributed by atoms with Crippen molar-refractivity contribution in [2.24, 2.45) is 0 Å². The summed E-state index contributed by atoms with van der Waals surface area (Å²) < 4.78 is 0. The van der Waals surface area contributed by atoms with Gasteiger partial charge in [-0.3, -0.25) is 9.78 Å². The fraction of sp³-hybridized carbons (Fsp3) is 0.286. The molecule has 1 aliphatic rings. The first-order chi connectivity index (χ1) is 9.13. The molecule has 0 unspecified atom stereocenters. The number of carbonyl (C=O) groups is 1. The number of piperazine rings is 1. The number of pyridine rings is 1. The van der Waals surface area contributed by atoms with E-state index in [1.165, 1.54) is 0 Å². The highest BCUT2D eigenvalue weighted by molar-refractivity contribution is 5.96. The molecule has 5 heteroatoms. The van der Waals surface area contributed by atoms with Crippen LogP contribution in [0, 0.1) is 6.92 Å². The van der Waals surface area contributed by atoms with Crippen LogP contribution in [0.15, 0.2) is 24.3 Å². The van der Waals surface area contributed by atoms with Gasteiger partial charge in [-0.1, -0.05) is 0 Å². The van der Waals surface area contributed by atoms with E-state index in [9.17, 15) is 4.79 Å². The van der Waals surface area contributed by atoms with Crippen LogP contribution in [-0.2, 0) is 4.79 Å². The van der Waals surface area contributed by atoms with Crippen molar-refractivity contribution in [3.05, 3.63) is 30.0 Å². The molecule has 3 rings (SSSR count). The minimum atomic E-state index is 0.0535. The first-order valence-corrected chi connectivity index (χ1v) is 6.32. The van der Waals surface area contributed by atoms with Gasteiger partial charge in [0.1, 0.15) is 0 Å². The molecule has 0 spiro atoms. The molecule has 0 radical (unpaired) electrons. The molecule has 0 aliphatic carbocycles. The van der Waals surface area contributed by atoms with Crippen LogP contribution >= 0.6 is 0 Å². The van der Waals surface area contributed by atoms with Crippen LogP contribution < -0.4 is 16.0 Å². The fourth-order valence-electron chi connectivity index (χ4n) is 2.46. The number of nitrogen functional groups attached to an aromatic ring is 1. The zero-order valence-electron chi connectivity index (χ0n) is 10.8. The Labute approximate surface area is 111 Å². The van der Waals surface area contributed by atoms with Crippen LogP contribution in [0.3, 0.4) is 0 Å². The van der Waals surface area contributed by atoms with Gasteiger partial charge in [0, 0.05) is 35.5 Å². The van der Waals surface area contributed by atoms with E-state index in [0.717, 1.165) is 28.8 Å². The molecule has 98 valence electrons. The van der Waals surface area contributed by atoms with Crippen LogP contribution in [0.2, 0.25) is 0 Å². The van der Waals surface area contributed by atoms with Gasteiger partial charge in [0.2, 0.25) is 5.91 Å². The van der Waals surface area contributed by atoms with Gasteiger partial charge < -0.3 is 16.0 Å². The molecule has 2 aromatic rings. The lowest BCUT2D eigenvalue weighted by Crippen LogP contribution is -2.47. The van der Waals surface area contributed by atoms with Gasteiger partial charge in [-0.05, 0) is 31.2 Å². The highest BCUT2D eigenvalue weighted by Gasteiger charge is 2.19. The van der Waals surface area contributed by atoms with Gasteiger partial charge >= 0.3 is 0 Å². The molecule has 1 aliphatic heterocycles. The quantitative estimate of drug-likeness (QED) is 0.748. The van der Waals surface area contributed by atoms with E-state index < -0.39 is 0 Å². The van der Waals surface area contributed by atoms with Crippen molar-refractivity contribution in [1.82, 2.24) is 10.3 Å². The van der Waals surface area contributed by atoms with Crippen LogP contribution in [0.25, 0.3) is 10.9 Å². The summed E-state index contributed by atoms with van der Waals surface area (Å²) in [6.07, 6.45) is 0. The fourth-order valence-corrected chi connectivity index (χ4v) is 2.46. The number of fused-ring (bicyclic) bond motifs is 1. The molecule has 1 fully saturated rings. The van der Waals surface area contributed by atoms with E-state index in [1.54, 1.807) is 0 Å². The van der Waals surface area contributed by atoms with E-state index in [4.69, 9.17) is 5.73 Å². The van der Waals surface area contributed by atoms with Crippen LogP contribution in [-0.4, -0.2) is 30.5 Å². The molecule has 3 N–H and O–H groups in total. The molecule has 2 heterocycles. The number of nitrogens with two attached hydrogens (primary N) is 1. The third-order valence-electron chi connectivity index (χ3n) is 3.32. The largest absolute Gasteiger partial charge is 0.399 e.